The molecule has 0 unspecified atom stereocenters. The number of nitrogens with zero attached hydrogens (tertiary/aromatic N) is 1. The third-order valence-electron chi connectivity index (χ3n) is 3.35. The molecule has 0 spiro atoms. The van der Waals surface area contributed by atoms with Crippen LogP contribution in [0.5, 0.6) is 0 Å². The van der Waals surface area contributed by atoms with E-state index in [1.165, 1.54) is 11.1 Å². The van der Waals surface area contributed by atoms with Crippen molar-refractivity contribution in [1.82, 2.24) is 5.32 Å². The fourth-order valence-electron chi connectivity index (χ4n) is 2.51. The molecule has 4 amide bonds. The molecule has 2 aliphatic rings. The van der Waals surface area contributed by atoms with Crippen molar-refractivity contribution >= 4 is 23.5 Å². The molecule has 1 N–H and O–H groups in total. The van der Waals surface area contributed by atoms with Crippen LogP contribution in [-0.4, -0.2) is 17.8 Å². The highest BCUT2D eigenvalue weighted by Crippen LogP contribution is 2.27. The topological polar surface area (TPSA) is 66.5 Å². The number of urea groups is 1. The van der Waals surface area contributed by atoms with Gasteiger partial charge in [0.05, 0.1) is 5.69 Å². The Morgan fingerprint density at radius 1 is 1.06 bits per heavy atom. The number of aryl methyl sites for hydroxylation is 2. The normalized spacial score (nSPS) is 18.9. The highest BCUT2D eigenvalue weighted by molar-refractivity contribution is 6.26. The molecule has 18 heavy (non-hydrogen) atoms. The lowest BCUT2D eigenvalue weighted by Gasteiger charge is -2.25. The minimum atomic E-state index is -0.658. The van der Waals surface area contributed by atoms with Gasteiger partial charge in [0.1, 0.15) is 6.42 Å². The first kappa shape index (κ1) is 11.0. The van der Waals surface area contributed by atoms with Gasteiger partial charge in [-0.05, 0) is 42.5 Å². The summed E-state index contributed by atoms with van der Waals surface area (Å²) >= 11 is 0. The summed E-state index contributed by atoms with van der Waals surface area (Å²) in [6, 6.07) is 4.93. The fourth-order valence-corrected chi connectivity index (χ4v) is 2.51. The summed E-state index contributed by atoms with van der Waals surface area (Å²) in [5.74, 6) is -1.01. The molecule has 3 rings (SSSR count). The third-order valence-corrected chi connectivity index (χ3v) is 3.35. The van der Waals surface area contributed by atoms with Crippen LogP contribution in [-0.2, 0) is 22.4 Å². The van der Waals surface area contributed by atoms with Crippen LogP contribution in [0.15, 0.2) is 18.2 Å². The Bertz CT molecular complexity index is 545. The molecule has 5 heteroatoms. The Morgan fingerprint density at radius 2 is 1.83 bits per heavy atom. The lowest BCUT2D eigenvalue weighted by atomic mass is 10.1. The number of carbonyl (C=O) groups excluding carboxylic acids is 3. The number of hydrogen-bond donors (Lipinski definition) is 1. The van der Waals surface area contributed by atoms with Crippen molar-refractivity contribution < 1.29 is 14.4 Å². The number of amides is 4. The van der Waals surface area contributed by atoms with Crippen molar-refractivity contribution in [3.8, 4) is 0 Å². The van der Waals surface area contributed by atoms with Crippen LogP contribution in [0.25, 0.3) is 0 Å². The Morgan fingerprint density at radius 3 is 2.61 bits per heavy atom. The summed E-state index contributed by atoms with van der Waals surface area (Å²) in [5.41, 5.74) is 3.01. The van der Waals surface area contributed by atoms with Gasteiger partial charge >= 0.3 is 6.03 Å². The number of fused-ring (bicyclic) bond motifs is 1. The first-order chi connectivity index (χ1) is 8.65. The number of benzene rings is 1. The van der Waals surface area contributed by atoms with Gasteiger partial charge in [0, 0.05) is 0 Å². The number of anilines is 1. The first-order valence-electron chi connectivity index (χ1n) is 5.94. The maximum absolute atomic E-state index is 11.8. The van der Waals surface area contributed by atoms with Gasteiger partial charge in [-0.3, -0.25) is 14.9 Å². The molecule has 1 aromatic rings. The predicted molar refractivity (Wildman–Crippen MR) is 64.1 cm³/mol. The Hall–Kier alpha value is -2.17. The number of hydrogen-bond acceptors (Lipinski definition) is 3. The summed E-state index contributed by atoms with van der Waals surface area (Å²) < 4.78 is 0. The van der Waals surface area contributed by atoms with E-state index in [0.29, 0.717) is 5.69 Å². The zero-order valence-corrected chi connectivity index (χ0v) is 9.73. The largest absolute Gasteiger partial charge is 0.335 e. The Kier molecular flexibility index (Phi) is 2.40. The average Bonchev–Trinajstić information content (AvgIpc) is 2.74. The molecule has 0 saturated carbocycles. The molecule has 1 aromatic carbocycles. The van der Waals surface area contributed by atoms with Crippen LogP contribution in [0.3, 0.4) is 0 Å². The van der Waals surface area contributed by atoms with Gasteiger partial charge in [-0.2, -0.15) is 0 Å². The van der Waals surface area contributed by atoms with Crippen LogP contribution < -0.4 is 10.2 Å². The second-order valence-electron chi connectivity index (χ2n) is 4.57. The quantitative estimate of drug-likeness (QED) is 0.753. The molecular weight excluding hydrogens is 232 g/mol. The lowest BCUT2D eigenvalue weighted by Crippen LogP contribution is -2.52. The van der Waals surface area contributed by atoms with E-state index in [-0.39, 0.29) is 6.42 Å². The maximum Gasteiger partial charge on any atom is 0.335 e. The highest BCUT2D eigenvalue weighted by atomic mass is 16.2. The van der Waals surface area contributed by atoms with E-state index >= 15 is 0 Å². The fraction of sp³-hybridized carbons (Fsp3) is 0.308. The summed E-state index contributed by atoms with van der Waals surface area (Å²) in [6.07, 6.45) is 2.86. The summed E-state index contributed by atoms with van der Waals surface area (Å²) in [5, 5.41) is 2.15. The van der Waals surface area contributed by atoms with E-state index in [9.17, 15) is 14.4 Å². The zero-order chi connectivity index (χ0) is 12.7. The minimum absolute atomic E-state index is 0.275. The van der Waals surface area contributed by atoms with Gasteiger partial charge < -0.3 is 0 Å². The molecular formula is C13H12N2O3. The monoisotopic (exact) mass is 244 g/mol. The van der Waals surface area contributed by atoms with Crippen LogP contribution in [0.4, 0.5) is 10.5 Å². The average molecular weight is 244 g/mol. The minimum Gasteiger partial charge on any atom is -0.277 e. The van der Waals surface area contributed by atoms with Crippen LogP contribution in [0.1, 0.15) is 24.0 Å². The van der Waals surface area contributed by atoms with Gasteiger partial charge in [0.2, 0.25) is 11.8 Å². The van der Waals surface area contributed by atoms with Crippen molar-refractivity contribution in [3.05, 3.63) is 29.3 Å². The molecule has 0 radical (unpaired) electrons. The second kappa shape index (κ2) is 3.94. The van der Waals surface area contributed by atoms with Gasteiger partial charge in [0.15, 0.2) is 0 Å². The second-order valence-corrected chi connectivity index (χ2v) is 4.57. The number of carbonyl (C=O) groups is 3. The van der Waals surface area contributed by atoms with Gasteiger partial charge in [0.25, 0.3) is 0 Å². The van der Waals surface area contributed by atoms with E-state index < -0.39 is 17.8 Å². The molecule has 1 heterocycles. The molecule has 1 aliphatic heterocycles. The molecule has 0 bridgehead atoms. The van der Waals surface area contributed by atoms with Crippen LogP contribution in [0.2, 0.25) is 0 Å². The molecule has 1 aliphatic carbocycles. The lowest BCUT2D eigenvalue weighted by molar-refractivity contribution is -0.128. The number of nitrogens with one attached hydrogen (secondary N) is 1. The van der Waals surface area contributed by atoms with Gasteiger partial charge in [-0.25, -0.2) is 9.69 Å². The van der Waals surface area contributed by atoms with E-state index in [1.807, 2.05) is 12.1 Å². The number of barbiturate groups is 1. The van der Waals surface area contributed by atoms with Crippen molar-refractivity contribution in [3.63, 3.8) is 0 Å². The van der Waals surface area contributed by atoms with Crippen molar-refractivity contribution in [1.29, 1.82) is 0 Å². The van der Waals surface area contributed by atoms with Crippen molar-refractivity contribution in [2.75, 3.05) is 4.90 Å². The van der Waals surface area contributed by atoms with Gasteiger partial charge in [-0.1, -0.05) is 6.07 Å². The predicted octanol–water partition coefficient (Wildman–Crippen LogP) is 1.15. The molecule has 5 nitrogen and oxygen atoms in total. The first-order valence-corrected chi connectivity index (χ1v) is 5.94. The number of rotatable bonds is 1. The van der Waals surface area contributed by atoms with E-state index in [2.05, 4.69) is 5.32 Å². The van der Waals surface area contributed by atoms with Crippen LogP contribution >= 0.6 is 0 Å². The standard InChI is InChI=1S/C13H12N2O3/c16-11-7-12(17)15(13(18)14-11)10-5-4-8-2-1-3-9(8)6-10/h4-6H,1-3,7H2,(H,14,16,18). The smallest absolute Gasteiger partial charge is 0.277 e. The summed E-state index contributed by atoms with van der Waals surface area (Å²) in [4.78, 5) is 35.6. The summed E-state index contributed by atoms with van der Waals surface area (Å²) in [7, 11) is 0. The molecule has 1 saturated heterocycles. The van der Waals surface area contributed by atoms with Gasteiger partial charge in [-0.15, -0.1) is 0 Å². The SMILES string of the molecule is O=C1CC(=O)N(c2ccc3c(c2)CCC3)C(=O)N1. The van der Waals surface area contributed by atoms with E-state index in [1.54, 1.807) is 6.07 Å². The molecule has 0 aromatic heterocycles. The number of imide groups is 2. The molecule has 1 fully saturated rings. The summed E-state index contributed by atoms with van der Waals surface area (Å²) in [6.45, 7) is 0. The van der Waals surface area contributed by atoms with E-state index in [0.717, 1.165) is 24.2 Å². The van der Waals surface area contributed by atoms with Crippen molar-refractivity contribution in [2.45, 2.75) is 25.7 Å². The van der Waals surface area contributed by atoms with Crippen molar-refractivity contribution in [2.24, 2.45) is 0 Å². The van der Waals surface area contributed by atoms with E-state index in [4.69, 9.17) is 0 Å². The highest BCUT2D eigenvalue weighted by Gasteiger charge is 2.32. The van der Waals surface area contributed by atoms with Crippen LogP contribution in [0, 0.1) is 0 Å². The molecule has 92 valence electrons. The maximum atomic E-state index is 11.8. The molecule has 0 atom stereocenters. The zero-order valence-electron chi connectivity index (χ0n) is 9.73. The Balaban J connectivity index is 1.97. The Labute approximate surface area is 104 Å². The third kappa shape index (κ3) is 1.68.